The molecule has 33 heavy (non-hydrogen) atoms. The number of carbonyl (C=O) groups excluding carboxylic acids is 1. The molecular formula is C26H24FN3O3. The number of likely N-dealkylation sites (N-methyl/N-ethyl adjacent to an activating group) is 1. The minimum Gasteiger partial charge on any atom is -0.497 e. The van der Waals surface area contributed by atoms with Gasteiger partial charge in [0.1, 0.15) is 17.3 Å². The van der Waals surface area contributed by atoms with Crippen molar-refractivity contribution in [3.8, 4) is 22.6 Å². The number of guanidine groups is 1. The lowest BCUT2D eigenvalue weighted by molar-refractivity contribution is -0.129. The van der Waals surface area contributed by atoms with Gasteiger partial charge in [-0.15, -0.1) is 0 Å². The van der Waals surface area contributed by atoms with Crippen LogP contribution in [0.2, 0.25) is 0 Å². The first-order valence-electron chi connectivity index (χ1n) is 10.8. The lowest BCUT2D eigenvalue weighted by Crippen LogP contribution is -2.41. The van der Waals surface area contributed by atoms with E-state index in [0.717, 1.165) is 24.2 Å². The number of carbonyl (C=O) groups is 1. The van der Waals surface area contributed by atoms with Gasteiger partial charge in [-0.3, -0.25) is 9.69 Å². The van der Waals surface area contributed by atoms with E-state index < -0.39 is 11.4 Å². The number of amides is 1. The Kier molecular flexibility index (Phi) is 5.04. The van der Waals surface area contributed by atoms with Crippen LogP contribution in [0.5, 0.6) is 11.5 Å². The van der Waals surface area contributed by atoms with E-state index in [1.807, 2.05) is 18.2 Å². The molecule has 0 saturated carbocycles. The zero-order chi connectivity index (χ0) is 23.2. The van der Waals surface area contributed by atoms with E-state index in [0.29, 0.717) is 34.6 Å². The van der Waals surface area contributed by atoms with E-state index in [1.54, 1.807) is 50.6 Å². The molecule has 1 unspecified atom stereocenters. The van der Waals surface area contributed by atoms with Crippen LogP contribution in [0.4, 0.5) is 4.39 Å². The number of benzene rings is 3. The summed E-state index contributed by atoms with van der Waals surface area (Å²) in [6.07, 6.45) is 1.75. The first-order chi connectivity index (χ1) is 15.9. The summed E-state index contributed by atoms with van der Waals surface area (Å²) in [7, 11) is 3.15. The molecule has 2 aliphatic heterocycles. The molecule has 0 bridgehead atoms. The second-order valence-corrected chi connectivity index (χ2v) is 8.25. The molecule has 0 fully saturated rings. The normalized spacial score (nSPS) is 19.7. The topological polar surface area (TPSA) is 77.2 Å². The highest BCUT2D eigenvalue weighted by Gasteiger charge is 2.50. The molecule has 6 nitrogen and oxygen atoms in total. The van der Waals surface area contributed by atoms with Gasteiger partial charge in [-0.1, -0.05) is 24.3 Å². The zero-order valence-electron chi connectivity index (χ0n) is 18.5. The SMILES string of the molecule is COc1cccc(-c2cc(C3(c4ccc5c(c4)CCCO5)N=C(N)N(C)C3=O)ccc2F)c1. The number of fused-ring (bicyclic) bond motifs is 1. The number of halogens is 1. The van der Waals surface area contributed by atoms with Crippen LogP contribution in [0.15, 0.2) is 65.7 Å². The van der Waals surface area contributed by atoms with Crippen molar-refractivity contribution in [1.82, 2.24) is 4.90 Å². The largest absolute Gasteiger partial charge is 0.497 e. The Bertz CT molecular complexity index is 1290. The van der Waals surface area contributed by atoms with Gasteiger partial charge in [0, 0.05) is 12.6 Å². The summed E-state index contributed by atoms with van der Waals surface area (Å²) in [5.74, 6) is 0.838. The zero-order valence-corrected chi connectivity index (χ0v) is 18.5. The summed E-state index contributed by atoms with van der Waals surface area (Å²) in [5, 5.41) is 0. The number of ether oxygens (including phenoxy) is 2. The summed E-state index contributed by atoms with van der Waals surface area (Å²) in [6.45, 7) is 0.673. The van der Waals surface area contributed by atoms with Crippen molar-refractivity contribution in [1.29, 1.82) is 0 Å². The molecular weight excluding hydrogens is 421 g/mol. The van der Waals surface area contributed by atoms with Crippen LogP contribution in [-0.4, -0.2) is 37.5 Å². The van der Waals surface area contributed by atoms with Gasteiger partial charge in [0.05, 0.1) is 13.7 Å². The predicted octanol–water partition coefficient (Wildman–Crippen LogP) is 3.86. The lowest BCUT2D eigenvalue weighted by atomic mass is 9.80. The highest BCUT2D eigenvalue weighted by Crippen LogP contribution is 2.43. The molecule has 3 aromatic rings. The molecule has 168 valence electrons. The van der Waals surface area contributed by atoms with Crippen LogP contribution in [-0.2, 0) is 16.8 Å². The van der Waals surface area contributed by atoms with Crippen molar-refractivity contribution >= 4 is 11.9 Å². The van der Waals surface area contributed by atoms with Gasteiger partial charge in [-0.05, 0) is 71.5 Å². The van der Waals surface area contributed by atoms with Crippen LogP contribution in [0, 0.1) is 5.82 Å². The van der Waals surface area contributed by atoms with Gasteiger partial charge >= 0.3 is 0 Å². The Balaban J connectivity index is 1.72. The maximum Gasteiger partial charge on any atom is 0.266 e. The molecule has 0 spiro atoms. The van der Waals surface area contributed by atoms with Crippen molar-refractivity contribution in [2.45, 2.75) is 18.4 Å². The summed E-state index contributed by atoms with van der Waals surface area (Å²) < 4.78 is 26.0. The number of nitrogens with two attached hydrogens (primary N) is 1. The molecule has 0 saturated heterocycles. The first kappa shape index (κ1) is 21.0. The molecule has 7 heteroatoms. The van der Waals surface area contributed by atoms with Gasteiger partial charge in [0.15, 0.2) is 11.5 Å². The van der Waals surface area contributed by atoms with Crippen molar-refractivity contribution in [3.05, 3.63) is 83.2 Å². The molecule has 3 aromatic carbocycles. The summed E-state index contributed by atoms with van der Waals surface area (Å²) in [4.78, 5) is 19.6. The van der Waals surface area contributed by atoms with Crippen molar-refractivity contribution in [2.75, 3.05) is 20.8 Å². The summed E-state index contributed by atoms with van der Waals surface area (Å²) >= 11 is 0. The second-order valence-electron chi connectivity index (χ2n) is 8.25. The molecule has 2 aliphatic rings. The fourth-order valence-electron chi connectivity index (χ4n) is 4.53. The van der Waals surface area contributed by atoms with Crippen LogP contribution in [0.3, 0.4) is 0 Å². The van der Waals surface area contributed by atoms with E-state index in [9.17, 15) is 9.18 Å². The van der Waals surface area contributed by atoms with Crippen LogP contribution in [0.1, 0.15) is 23.1 Å². The maximum absolute atomic E-state index is 15.0. The van der Waals surface area contributed by atoms with E-state index >= 15 is 0 Å². The first-order valence-corrected chi connectivity index (χ1v) is 10.8. The maximum atomic E-state index is 15.0. The molecule has 0 aromatic heterocycles. The third-order valence-corrected chi connectivity index (χ3v) is 6.33. The number of hydrogen-bond acceptors (Lipinski definition) is 5. The molecule has 1 amide bonds. The number of aliphatic imine (C=N–C) groups is 1. The van der Waals surface area contributed by atoms with Crippen molar-refractivity contribution < 1.29 is 18.7 Å². The van der Waals surface area contributed by atoms with Gasteiger partial charge in [-0.2, -0.15) is 0 Å². The average molecular weight is 445 g/mol. The standard InChI is InChI=1S/C26H24FN3O3/c1-30-24(31)26(29-25(30)28,18-9-11-23-17(13-18)6-4-12-33-23)19-8-10-22(27)21(15-19)16-5-3-7-20(14-16)32-2/h3,5,7-11,13-15H,4,6,12H2,1-2H3,(H2,28,29). The van der Waals surface area contributed by atoms with Gasteiger partial charge in [0.25, 0.3) is 5.91 Å². The van der Waals surface area contributed by atoms with Gasteiger partial charge < -0.3 is 15.2 Å². The monoisotopic (exact) mass is 445 g/mol. The van der Waals surface area contributed by atoms with Crippen LogP contribution >= 0.6 is 0 Å². The Morgan fingerprint density at radius 1 is 1.12 bits per heavy atom. The van der Waals surface area contributed by atoms with E-state index in [-0.39, 0.29) is 11.9 Å². The van der Waals surface area contributed by atoms with E-state index in [2.05, 4.69) is 4.99 Å². The average Bonchev–Trinajstić information content (AvgIpc) is 3.08. The molecule has 5 rings (SSSR count). The van der Waals surface area contributed by atoms with Gasteiger partial charge in [0.2, 0.25) is 0 Å². The van der Waals surface area contributed by atoms with E-state index in [1.165, 1.54) is 11.0 Å². The van der Waals surface area contributed by atoms with Crippen LogP contribution in [0.25, 0.3) is 11.1 Å². The number of nitrogens with zero attached hydrogens (tertiary/aromatic N) is 2. The quantitative estimate of drug-likeness (QED) is 0.662. The third-order valence-electron chi connectivity index (χ3n) is 6.33. The predicted molar refractivity (Wildman–Crippen MR) is 124 cm³/mol. The number of methoxy groups -OCH3 is 1. The number of hydrogen-bond donors (Lipinski definition) is 1. The van der Waals surface area contributed by atoms with Crippen LogP contribution < -0.4 is 15.2 Å². The second kappa shape index (κ2) is 7.92. The molecule has 2 N–H and O–H groups in total. The molecule has 0 radical (unpaired) electrons. The Morgan fingerprint density at radius 3 is 2.67 bits per heavy atom. The smallest absolute Gasteiger partial charge is 0.266 e. The minimum atomic E-state index is -1.41. The third kappa shape index (κ3) is 3.31. The molecule has 2 heterocycles. The Labute approximate surface area is 191 Å². The Hall–Kier alpha value is -3.87. The Morgan fingerprint density at radius 2 is 1.91 bits per heavy atom. The van der Waals surface area contributed by atoms with E-state index in [4.69, 9.17) is 15.2 Å². The highest BCUT2D eigenvalue weighted by atomic mass is 19.1. The minimum absolute atomic E-state index is 0.112. The van der Waals surface area contributed by atoms with Crippen molar-refractivity contribution in [2.24, 2.45) is 10.7 Å². The number of aryl methyl sites for hydroxylation is 1. The lowest BCUT2D eigenvalue weighted by Gasteiger charge is -2.28. The van der Waals surface area contributed by atoms with Crippen molar-refractivity contribution in [3.63, 3.8) is 0 Å². The number of rotatable bonds is 4. The molecule has 1 atom stereocenters. The summed E-state index contributed by atoms with van der Waals surface area (Å²) in [6, 6.07) is 17.5. The highest BCUT2D eigenvalue weighted by molar-refractivity contribution is 6.09. The fraction of sp³-hybridized carbons (Fsp3) is 0.231. The fourth-order valence-corrected chi connectivity index (χ4v) is 4.53. The molecule has 0 aliphatic carbocycles. The van der Waals surface area contributed by atoms with Gasteiger partial charge in [-0.25, -0.2) is 9.38 Å². The summed E-state index contributed by atoms with van der Waals surface area (Å²) in [5.41, 5.74) is 7.92.